The molecule has 0 saturated carbocycles. The van der Waals surface area contributed by atoms with Crippen LogP contribution in [0.2, 0.25) is 0 Å². The van der Waals surface area contributed by atoms with Crippen molar-refractivity contribution >= 4 is 22.1 Å². The highest BCUT2D eigenvalue weighted by Crippen LogP contribution is 2.22. The Hall–Kier alpha value is -2.01. The minimum absolute atomic E-state index is 0.413. The van der Waals surface area contributed by atoms with Crippen molar-refractivity contribution in [1.29, 1.82) is 0 Å². The Morgan fingerprint density at radius 1 is 1.05 bits per heavy atom. The molecule has 0 spiro atoms. The van der Waals surface area contributed by atoms with E-state index in [1.54, 1.807) is 20.4 Å². The van der Waals surface area contributed by atoms with Gasteiger partial charge in [-0.15, -0.1) is 0 Å². The molecule has 2 rings (SSSR count). The standard InChI is InChI=1S/C16H16BrNO3/c1-19-15-7-8-16(20-2)13(9-15)10-18-21-11-12-3-5-14(17)6-4-12/h3-10H,11H2,1-2H3/b18-10-. The molecule has 0 aromatic heterocycles. The number of oxime groups is 1. The lowest BCUT2D eigenvalue weighted by Crippen LogP contribution is -1.93. The number of methoxy groups -OCH3 is 2. The Bertz CT molecular complexity index is 611. The van der Waals surface area contributed by atoms with E-state index in [-0.39, 0.29) is 0 Å². The quantitative estimate of drug-likeness (QED) is 0.584. The summed E-state index contributed by atoms with van der Waals surface area (Å²) in [7, 11) is 3.23. The van der Waals surface area contributed by atoms with Crippen molar-refractivity contribution in [2.45, 2.75) is 6.61 Å². The van der Waals surface area contributed by atoms with Crippen LogP contribution in [0, 0.1) is 0 Å². The normalized spacial score (nSPS) is 10.6. The largest absolute Gasteiger partial charge is 0.497 e. The first-order valence-electron chi connectivity index (χ1n) is 6.34. The van der Waals surface area contributed by atoms with E-state index in [1.165, 1.54) is 0 Å². The van der Waals surface area contributed by atoms with Crippen molar-refractivity contribution < 1.29 is 14.3 Å². The summed E-state index contributed by atoms with van der Waals surface area (Å²) in [5.41, 5.74) is 1.85. The average Bonchev–Trinajstić information content (AvgIpc) is 2.53. The molecule has 0 aliphatic rings. The minimum atomic E-state index is 0.413. The molecule has 0 N–H and O–H groups in total. The molecule has 4 nitrogen and oxygen atoms in total. The van der Waals surface area contributed by atoms with Gasteiger partial charge >= 0.3 is 0 Å². The molecule has 0 unspecified atom stereocenters. The maximum atomic E-state index is 5.29. The Morgan fingerprint density at radius 3 is 2.48 bits per heavy atom. The zero-order chi connectivity index (χ0) is 15.1. The second-order valence-electron chi connectivity index (χ2n) is 4.24. The topological polar surface area (TPSA) is 40.0 Å². The molecule has 0 aliphatic heterocycles. The smallest absolute Gasteiger partial charge is 0.142 e. The van der Waals surface area contributed by atoms with Crippen LogP contribution < -0.4 is 9.47 Å². The van der Waals surface area contributed by atoms with Crippen molar-refractivity contribution in [3.63, 3.8) is 0 Å². The van der Waals surface area contributed by atoms with E-state index in [9.17, 15) is 0 Å². The molecule has 21 heavy (non-hydrogen) atoms. The number of hydrogen-bond acceptors (Lipinski definition) is 4. The SMILES string of the molecule is COc1ccc(OC)c(/C=N\OCc2ccc(Br)cc2)c1. The molecule has 0 heterocycles. The van der Waals surface area contributed by atoms with Crippen LogP contribution in [0.25, 0.3) is 0 Å². The molecule has 110 valence electrons. The predicted molar refractivity (Wildman–Crippen MR) is 86.1 cm³/mol. The summed E-state index contributed by atoms with van der Waals surface area (Å²) in [6, 6.07) is 13.4. The summed E-state index contributed by atoms with van der Waals surface area (Å²) < 4.78 is 11.5. The van der Waals surface area contributed by atoms with E-state index < -0.39 is 0 Å². The van der Waals surface area contributed by atoms with Gasteiger partial charge in [0.1, 0.15) is 18.1 Å². The van der Waals surface area contributed by atoms with Gasteiger partial charge in [0.05, 0.1) is 20.4 Å². The zero-order valence-corrected chi connectivity index (χ0v) is 13.5. The predicted octanol–water partition coefficient (Wildman–Crippen LogP) is 4.02. The van der Waals surface area contributed by atoms with Crippen LogP contribution in [0.5, 0.6) is 11.5 Å². The third-order valence-electron chi connectivity index (χ3n) is 2.85. The van der Waals surface area contributed by atoms with E-state index in [0.717, 1.165) is 21.3 Å². The summed E-state index contributed by atoms with van der Waals surface area (Å²) in [5, 5.41) is 3.97. The molecule has 0 fully saturated rings. The van der Waals surface area contributed by atoms with E-state index in [4.69, 9.17) is 14.3 Å². The highest BCUT2D eigenvalue weighted by Gasteiger charge is 2.02. The second-order valence-corrected chi connectivity index (χ2v) is 5.16. The van der Waals surface area contributed by atoms with Crippen LogP contribution in [-0.2, 0) is 11.4 Å². The van der Waals surface area contributed by atoms with E-state index in [0.29, 0.717) is 12.4 Å². The third kappa shape index (κ3) is 4.49. The lowest BCUT2D eigenvalue weighted by Gasteiger charge is -2.06. The van der Waals surface area contributed by atoms with Crippen LogP contribution in [0.15, 0.2) is 52.1 Å². The van der Waals surface area contributed by atoms with Crippen molar-refractivity contribution in [3.8, 4) is 11.5 Å². The van der Waals surface area contributed by atoms with Crippen molar-refractivity contribution in [1.82, 2.24) is 0 Å². The lowest BCUT2D eigenvalue weighted by molar-refractivity contribution is 0.132. The van der Waals surface area contributed by atoms with Crippen molar-refractivity contribution in [2.75, 3.05) is 14.2 Å². The minimum Gasteiger partial charge on any atom is -0.497 e. The van der Waals surface area contributed by atoms with Gasteiger partial charge < -0.3 is 14.3 Å². The van der Waals surface area contributed by atoms with Crippen LogP contribution in [0.1, 0.15) is 11.1 Å². The number of benzene rings is 2. The fourth-order valence-electron chi connectivity index (χ4n) is 1.73. The molecular weight excluding hydrogens is 334 g/mol. The Kier molecular flexibility index (Phi) is 5.63. The van der Waals surface area contributed by atoms with Gasteiger partial charge in [-0.3, -0.25) is 0 Å². The van der Waals surface area contributed by atoms with Crippen LogP contribution >= 0.6 is 15.9 Å². The summed E-state index contributed by atoms with van der Waals surface area (Å²) in [6.07, 6.45) is 1.61. The molecule has 0 aliphatic carbocycles. The molecule has 5 heteroatoms. The zero-order valence-electron chi connectivity index (χ0n) is 11.9. The lowest BCUT2D eigenvalue weighted by atomic mass is 10.2. The summed E-state index contributed by atoms with van der Waals surface area (Å²) in [6.45, 7) is 0.413. The number of rotatable bonds is 6. The summed E-state index contributed by atoms with van der Waals surface area (Å²) in [5.74, 6) is 1.46. The third-order valence-corrected chi connectivity index (χ3v) is 3.38. The first-order chi connectivity index (χ1) is 10.2. The average molecular weight is 350 g/mol. The van der Waals surface area contributed by atoms with E-state index in [2.05, 4.69) is 21.1 Å². The molecule has 0 amide bonds. The highest BCUT2D eigenvalue weighted by atomic mass is 79.9. The van der Waals surface area contributed by atoms with Gasteiger partial charge in [-0.25, -0.2) is 0 Å². The molecule has 0 radical (unpaired) electrons. The molecule has 2 aromatic carbocycles. The van der Waals surface area contributed by atoms with Crippen LogP contribution in [-0.4, -0.2) is 20.4 Å². The Labute approximate surface area is 132 Å². The van der Waals surface area contributed by atoms with Gasteiger partial charge in [0.15, 0.2) is 0 Å². The number of nitrogens with zero attached hydrogens (tertiary/aromatic N) is 1. The number of hydrogen-bond donors (Lipinski definition) is 0. The van der Waals surface area contributed by atoms with E-state index >= 15 is 0 Å². The fraction of sp³-hybridized carbons (Fsp3) is 0.188. The summed E-state index contributed by atoms with van der Waals surface area (Å²) in [4.78, 5) is 5.29. The monoisotopic (exact) mass is 349 g/mol. The van der Waals surface area contributed by atoms with Crippen LogP contribution in [0.4, 0.5) is 0 Å². The van der Waals surface area contributed by atoms with Gasteiger partial charge in [-0.1, -0.05) is 33.2 Å². The second kappa shape index (κ2) is 7.69. The van der Waals surface area contributed by atoms with Gasteiger partial charge in [-0.2, -0.15) is 0 Å². The molecule has 0 saturated heterocycles. The van der Waals surface area contributed by atoms with Gasteiger partial charge in [-0.05, 0) is 35.9 Å². The molecule has 0 atom stereocenters. The Morgan fingerprint density at radius 2 is 1.81 bits per heavy atom. The highest BCUT2D eigenvalue weighted by molar-refractivity contribution is 9.10. The van der Waals surface area contributed by atoms with Gasteiger partial charge in [0, 0.05) is 10.0 Å². The first kappa shape index (κ1) is 15.4. The van der Waals surface area contributed by atoms with E-state index in [1.807, 2.05) is 42.5 Å². The summed E-state index contributed by atoms with van der Waals surface area (Å²) >= 11 is 3.39. The first-order valence-corrected chi connectivity index (χ1v) is 7.14. The number of halogens is 1. The maximum Gasteiger partial charge on any atom is 0.142 e. The van der Waals surface area contributed by atoms with Crippen molar-refractivity contribution in [2.24, 2.45) is 5.16 Å². The van der Waals surface area contributed by atoms with Gasteiger partial charge in [0.25, 0.3) is 0 Å². The van der Waals surface area contributed by atoms with Crippen LogP contribution in [0.3, 0.4) is 0 Å². The van der Waals surface area contributed by atoms with Gasteiger partial charge in [0.2, 0.25) is 0 Å². The molecule has 2 aromatic rings. The maximum absolute atomic E-state index is 5.29. The Balaban J connectivity index is 1.99. The fourth-order valence-corrected chi connectivity index (χ4v) is 1.99. The molecule has 0 bridgehead atoms. The molecular formula is C16H16BrNO3. The van der Waals surface area contributed by atoms with Crippen molar-refractivity contribution in [3.05, 3.63) is 58.1 Å². The number of ether oxygens (including phenoxy) is 2.